The zero-order valence-electron chi connectivity index (χ0n) is 9.28. The monoisotopic (exact) mass is 254 g/mol. The molecule has 3 rings (SSSR count). The van der Waals surface area contributed by atoms with Crippen LogP contribution >= 0.6 is 11.3 Å². The quantitative estimate of drug-likeness (QED) is 0.633. The molecule has 3 atom stereocenters. The molecule has 2 heterocycles. The maximum Gasteiger partial charge on any atom is 0.345 e. The number of nitrogens with zero attached hydrogens (tertiary/aromatic N) is 3. The first kappa shape index (κ1) is 10.9. The first-order chi connectivity index (χ1) is 8.15. The molecule has 1 aliphatic heterocycles. The molecule has 7 heteroatoms. The maximum absolute atomic E-state index is 10.6. The van der Waals surface area contributed by atoms with Crippen molar-refractivity contribution < 1.29 is 4.92 Å². The molecule has 3 unspecified atom stereocenters. The van der Waals surface area contributed by atoms with Crippen LogP contribution < -0.4 is 10.6 Å². The Balaban J connectivity index is 1.76. The summed E-state index contributed by atoms with van der Waals surface area (Å²) in [7, 11) is 0. The molecular formula is C10H14N4O2S. The van der Waals surface area contributed by atoms with Gasteiger partial charge in [0.2, 0.25) is 0 Å². The Morgan fingerprint density at radius 1 is 1.53 bits per heavy atom. The van der Waals surface area contributed by atoms with Gasteiger partial charge in [0.1, 0.15) is 6.20 Å². The molecule has 92 valence electrons. The van der Waals surface area contributed by atoms with Crippen molar-refractivity contribution in [1.82, 2.24) is 4.98 Å². The summed E-state index contributed by atoms with van der Waals surface area (Å²) in [6.07, 6.45) is 3.63. The molecule has 2 N–H and O–H groups in total. The third-order valence-electron chi connectivity index (χ3n) is 3.84. The molecule has 0 radical (unpaired) electrons. The van der Waals surface area contributed by atoms with E-state index >= 15 is 0 Å². The standard InChI is InChI=1S/C10H14N4O2S/c11-8-2-1-6-4-13(5-7(6)8)10-12-3-9(17-10)14(15)16/h3,6-8H,1-2,4-5,11H2. The van der Waals surface area contributed by atoms with Crippen molar-refractivity contribution >= 4 is 21.5 Å². The van der Waals surface area contributed by atoms with Crippen LogP contribution in [0, 0.1) is 22.0 Å². The number of thiazole rings is 1. The van der Waals surface area contributed by atoms with Crippen LogP contribution in [0.5, 0.6) is 0 Å². The van der Waals surface area contributed by atoms with E-state index in [1.165, 1.54) is 12.6 Å². The van der Waals surface area contributed by atoms with Crippen LogP contribution in [0.1, 0.15) is 12.8 Å². The highest BCUT2D eigenvalue weighted by atomic mass is 32.1. The SMILES string of the molecule is NC1CCC2CN(c3ncc([N+](=O)[O-])s3)CC12. The van der Waals surface area contributed by atoms with Crippen LogP contribution in [-0.4, -0.2) is 29.0 Å². The molecule has 1 aromatic heterocycles. The van der Waals surface area contributed by atoms with Crippen molar-refractivity contribution in [2.24, 2.45) is 17.6 Å². The summed E-state index contributed by atoms with van der Waals surface area (Å²) >= 11 is 1.15. The van der Waals surface area contributed by atoms with E-state index in [1.807, 2.05) is 0 Å². The van der Waals surface area contributed by atoms with E-state index in [0.717, 1.165) is 36.0 Å². The molecule has 1 aliphatic carbocycles. The van der Waals surface area contributed by atoms with Crippen molar-refractivity contribution in [3.63, 3.8) is 0 Å². The Bertz CT molecular complexity index is 449. The summed E-state index contributed by atoms with van der Waals surface area (Å²) in [5, 5.41) is 11.5. The Labute approximate surface area is 103 Å². The Morgan fingerprint density at radius 3 is 3.00 bits per heavy atom. The van der Waals surface area contributed by atoms with Crippen LogP contribution in [0.25, 0.3) is 0 Å². The first-order valence-corrected chi connectivity index (χ1v) is 6.57. The predicted octanol–water partition coefficient (Wildman–Crippen LogP) is 1.22. The molecule has 1 saturated carbocycles. The topological polar surface area (TPSA) is 85.3 Å². The predicted molar refractivity (Wildman–Crippen MR) is 65.2 cm³/mol. The average Bonchev–Trinajstić information content (AvgIpc) is 2.95. The smallest absolute Gasteiger partial charge is 0.345 e. The van der Waals surface area contributed by atoms with Gasteiger partial charge in [0.15, 0.2) is 5.13 Å². The lowest BCUT2D eigenvalue weighted by Crippen LogP contribution is -2.30. The number of nitro groups is 1. The third-order valence-corrected chi connectivity index (χ3v) is 4.85. The van der Waals surface area contributed by atoms with Gasteiger partial charge in [-0.25, -0.2) is 4.98 Å². The fourth-order valence-electron chi connectivity index (χ4n) is 2.95. The zero-order valence-corrected chi connectivity index (χ0v) is 10.1. The number of anilines is 1. The third kappa shape index (κ3) is 1.79. The lowest BCUT2D eigenvalue weighted by molar-refractivity contribution is -0.380. The van der Waals surface area contributed by atoms with Crippen LogP contribution in [0.15, 0.2) is 6.20 Å². The van der Waals surface area contributed by atoms with Crippen LogP contribution in [0.2, 0.25) is 0 Å². The van der Waals surface area contributed by atoms with Gasteiger partial charge in [-0.3, -0.25) is 10.1 Å². The van der Waals surface area contributed by atoms with Crippen LogP contribution in [-0.2, 0) is 0 Å². The second-order valence-corrected chi connectivity index (χ2v) is 5.80. The Kier molecular flexibility index (Phi) is 2.52. The molecule has 2 aliphatic rings. The highest BCUT2D eigenvalue weighted by Crippen LogP contribution is 2.40. The highest BCUT2D eigenvalue weighted by Gasteiger charge is 2.41. The lowest BCUT2D eigenvalue weighted by Gasteiger charge is -2.16. The Morgan fingerprint density at radius 2 is 2.35 bits per heavy atom. The van der Waals surface area contributed by atoms with Gasteiger partial charge in [0, 0.05) is 19.1 Å². The van der Waals surface area contributed by atoms with Gasteiger partial charge in [0.25, 0.3) is 0 Å². The summed E-state index contributed by atoms with van der Waals surface area (Å²) in [5.41, 5.74) is 6.06. The molecule has 17 heavy (non-hydrogen) atoms. The van der Waals surface area contributed by atoms with Crippen molar-refractivity contribution in [3.8, 4) is 0 Å². The molecular weight excluding hydrogens is 240 g/mol. The molecule has 2 fully saturated rings. The largest absolute Gasteiger partial charge is 0.347 e. The summed E-state index contributed by atoms with van der Waals surface area (Å²) in [6.45, 7) is 1.85. The fraction of sp³-hybridized carbons (Fsp3) is 0.700. The van der Waals surface area contributed by atoms with Gasteiger partial charge in [-0.1, -0.05) is 0 Å². The van der Waals surface area contributed by atoms with Gasteiger partial charge < -0.3 is 10.6 Å². The zero-order chi connectivity index (χ0) is 12.0. The summed E-state index contributed by atoms with van der Waals surface area (Å²) in [4.78, 5) is 16.5. The van der Waals surface area contributed by atoms with E-state index in [1.54, 1.807) is 0 Å². The summed E-state index contributed by atoms with van der Waals surface area (Å²) < 4.78 is 0. The van der Waals surface area contributed by atoms with E-state index in [2.05, 4.69) is 9.88 Å². The molecule has 1 aromatic rings. The van der Waals surface area contributed by atoms with Crippen LogP contribution in [0.3, 0.4) is 0 Å². The van der Waals surface area contributed by atoms with Gasteiger partial charge in [-0.2, -0.15) is 0 Å². The molecule has 0 bridgehead atoms. The number of rotatable bonds is 2. The molecule has 0 aromatic carbocycles. The van der Waals surface area contributed by atoms with Gasteiger partial charge in [-0.05, 0) is 36.0 Å². The van der Waals surface area contributed by atoms with Crippen molar-refractivity contribution in [2.75, 3.05) is 18.0 Å². The lowest BCUT2D eigenvalue weighted by atomic mass is 9.98. The van der Waals surface area contributed by atoms with Crippen molar-refractivity contribution in [2.45, 2.75) is 18.9 Å². The van der Waals surface area contributed by atoms with Crippen molar-refractivity contribution in [3.05, 3.63) is 16.3 Å². The highest BCUT2D eigenvalue weighted by molar-refractivity contribution is 7.18. The summed E-state index contributed by atoms with van der Waals surface area (Å²) in [5.74, 6) is 1.19. The number of hydrogen-bond acceptors (Lipinski definition) is 6. The van der Waals surface area contributed by atoms with Crippen LogP contribution in [0.4, 0.5) is 10.1 Å². The fourth-order valence-corrected chi connectivity index (χ4v) is 3.70. The van der Waals surface area contributed by atoms with E-state index in [0.29, 0.717) is 17.9 Å². The molecule has 1 saturated heterocycles. The van der Waals surface area contributed by atoms with E-state index in [-0.39, 0.29) is 9.92 Å². The molecule has 0 amide bonds. The minimum Gasteiger partial charge on any atom is -0.347 e. The van der Waals surface area contributed by atoms with E-state index < -0.39 is 0 Å². The van der Waals surface area contributed by atoms with Gasteiger partial charge in [-0.15, -0.1) is 0 Å². The number of nitrogens with two attached hydrogens (primary N) is 1. The van der Waals surface area contributed by atoms with Gasteiger partial charge >= 0.3 is 5.00 Å². The minimum absolute atomic E-state index is 0.112. The number of hydrogen-bond donors (Lipinski definition) is 1. The molecule has 6 nitrogen and oxygen atoms in total. The maximum atomic E-state index is 10.6. The average molecular weight is 254 g/mol. The normalized spacial score (nSPS) is 31.8. The van der Waals surface area contributed by atoms with Gasteiger partial charge in [0.05, 0.1) is 4.92 Å². The number of aromatic nitrogens is 1. The second-order valence-electron chi connectivity index (χ2n) is 4.81. The first-order valence-electron chi connectivity index (χ1n) is 5.76. The number of fused-ring (bicyclic) bond motifs is 1. The van der Waals surface area contributed by atoms with E-state index in [9.17, 15) is 10.1 Å². The molecule has 0 spiro atoms. The second kappa shape index (κ2) is 3.92. The summed E-state index contributed by atoms with van der Waals surface area (Å²) in [6, 6.07) is 0.292. The van der Waals surface area contributed by atoms with E-state index in [4.69, 9.17) is 5.73 Å². The minimum atomic E-state index is -0.385. The van der Waals surface area contributed by atoms with Crippen molar-refractivity contribution in [1.29, 1.82) is 0 Å². The Hall–Kier alpha value is -1.21.